The Hall–Kier alpha value is -2.78. The van der Waals surface area contributed by atoms with Crippen LogP contribution in [0.3, 0.4) is 0 Å². The molecule has 1 amide bonds. The first-order valence-electron chi connectivity index (χ1n) is 8.83. The van der Waals surface area contributed by atoms with Gasteiger partial charge in [-0.25, -0.2) is 0 Å². The zero-order chi connectivity index (χ0) is 19.2. The maximum Gasteiger partial charge on any atom is 0.265 e. The van der Waals surface area contributed by atoms with Crippen molar-refractivity contribution in [3.05, 3.63) is 94.5 Å². The van der Waals surface area contributed by atoms with E-state index in [4.69, 9.17) is 16.3 Å². The van der Waals surface area contributed by atoms with Crippen molar-refractivity contribution >= 4 is 23.2 Å². The SMILES string of the molecule is Cc1ccc(N(Cc2ccccc2)C(=O)COc2ccc(Cl)cc2C)cc1. The van der Waals surface area contributed by atoms with E-state index in [1.807, 2.05) is 74.5 Å². The van der Waals surface area contributed by atoms with Crippen molar-refractivity contribution in [2.75, 3.05) is 11.5 Å². The average Bonchev–Trinajstić information content (AvgIpc) is 2.67. The van der Waals surface area contributed by atoms with E-state index < -0.39 is 0 Å². The summed E-state index contributed by atoms with van der Waals surface area (Å²) >= 11 is 5.98. The molecule has 138 valence electrons. The van der Waals surface area contributed by atoms with Gasteiger partial charge in [0.2, 0.25) is 0 Å². The number of anilines is 1. The first kappa shape index (κ1) is 19.0. The lowest BCUT2D eigenvalue weighted by atomic mass is 10.1. The molecule has 0 unspecified atom stereocenters. The van der Waals surface area contributed by atoms with Crippen LogP contribution in [0.5, 0.6) is 5.75 Å². The fourth-order valence-corrected chi connectivity index (χ4v) is 3.03. The lowest BCUT2D eigenvalue weighted by Crippen LogP contribution is -2.34. The van der Waals surface area contributed by atoms with Crippen LogP contribution >= 0.6 is 11.6 Å². The third-order valence-electron chi connectivity index (χ3n) is 4.32. The molecule has 0 saturated carbocycles. The molecule has 0 radical (unpaired) electrons. The molecular formula is C23H22ClNO2. The maximum atomic E-state index is 13.0. The van der Waals surface area contributed by atoms with Crippen LogP contribution in [0.2, 0.25) is 5.02 Å². The summed E-state index contributed by atoms with van der Waals surface area (Å²) in [5.41, 5.74) is 3.97. The quantitative estimate of drug-likeness (QED) is 0.560. The summed E-state index contributed by atoms with van der Waals surface area (Å²) in [6, 6.07) is 23.2. The highest BCUT2D eigenvalue weighted by atomic mass is 35.5. The third kappa shape index (κ3) is 5.11. The zero-order valence-electron chi connectivity index (χ0n) is 15.5. The summed E-state index contributed by atoms with van der Waals surface area (Å²) in [5, 5.41) is 0.650. The highest BCUT2D eigenvalue weighted by molar-refractivity contribution is 6.30. The number of carbonyl (C=O) groups is 1. The Morgan fingerprint density at radius 2 is 1.67 bits per heavy atom. The van der Waals surface area contributed by atoms with Crippen molar-refractivity contribution in [2.45, 2.75) is 20.4 Å². The van der Waals surface area contributed by atoms with Gasteiger partial charge in [0, 0.05) is 10.7 Å². The van der Waals surface area contributed by atoms with E-state index in [0.717, 1.165) is 22.4 Å². The molecule has 0 fully saturated rings. The highest BCUT2D eigenvalue weighted by Gasteiger charge is 2.17. The number of aryl methyl sites for hydroxylation is 2. The van der Waals surface area contributed by atoms with Gasteiger partial charge in [-0.05, 0) is 55.3 Å². The first-order chi connectivity index (χ1) is 13.0. The predicted molar refractivity (Wildman–Crippen MR) is 110 cm³/mol. The Labute approximate surface area is 165 Å². The molecule has 3 aromatic carbocycles. The minimum Gasteiger partial charge on any atom is -0.483 e. The molecule has 0 atom stereocenters. The molecule has 0 aliphatic heterocycles. The Bertz CT molecular complexity index is 907. The van der Waals surface area contributed by atoms with Gasteiger partial charge >= 0.3 is 0 Å². The molecule has 27 heavy (non-hydrogen) atoms. The summed E-state index contributed by atoms with van der Waals surface area (Å²) in [5.74, 6) is 0.563. The molecule has 3 rings (SSSR count). The minimum absolute atomic E-state index is 0.0385. The molecule has 0 N–H and O–H groups in total. The second-order valence-corrected chi connectivity index (χ2v) is 6.94. The Kier molecular flexibility index (Phi) is 6.15. The van der Waals surface area contributed by atoms with Crippen LogP contribution in [0, 0.1) is 13.8 Å². The van der Waals surface area contributed by atoms with Gasteiger partial charge < -0.3 is 9.64 Å². The first-order valence-corrected chi connectivity index (χ1v) is 9.20. The molecule has 0 aliphatic carbocycles. The second kappa shape index (κ2) is 8.74. The van der Waals surface area contributed by atoms with Gasteiger partial charge in [-0.15, -0.1) is 0 Å². The average molecular weight is 380 g/mol. The molecule has 4 heteroatoms. The van der Waals surface area contributed by atoms with Crippen molar-refractivity contribution in [3.8, 4) is 5.75 Å². The number of amides is 1. The monoisotopic (exact) mass is 379 g/mol. The fraction of sp³-hybridized carbons (Fsp3) is 0.174. The molecule has 0 bridgehead atoms. The lowest BCUT2D eigenvalue weighted by molar-refractivity contribution is -0.120. The van der Waals surface area contributed by atoms with Gasteiger partial charge in [-0.2, -0.15) is 0 Å². The summed E-state index contributed by atoms with van der Waals surface area (Å²) < 4.78 is 5.77. The van der Waals surface area contributed by atoms with Gasteiger partial charge in [0.05, 0.1) is 6.54 Å². The number of benzene rings is 3. The van der Waals surface area contributed by atoms with E-state index in [2.05, 4.69) is 0 Å². The molecule has 3 aromatic rings. The normalized spacial score (nSPS) is 10.5. The number of halogens is 1. The molecule has 0 aliphatic rings. The summed E-state index contributed by atoms with van der Waals surface area (Å²) in [6.45, 7) is 4.39. The van der Waals surface area contributed by atoms with E-state index in [0.29, 0.717) is 17.3 Å². The van der Waals surface area contributed by atoms with Gasteiger partial charge in [-0.3, -0.25) is 4.79 Å². The molecular weight excluding hydrogens is 358 g/mol. The molecule has 0 saturated heterocycles. The van der Waals surface area contributed by atoms with E-state index in [1.54, 1.807) is 17.0 Å². The van der Waals surface area contributed by atoms with Crippen LogP contribution in [0.4, 0.5) is 5.69 Å². The van der Waals surface area contributed by atoms with Crippen LogP contribution in [0.15, 0.2) is 72.8 Å². The molecule has 0 spiro atoms. The highest BCUT2D eigenvalue weighted by Crippen LogP contribution is 2.23. The summed E-state index contributed by atoms with van der Waals surface area (Å²) in [4.78, 5) is 14.7. The second-order valence-electron chi connectivity index (χ2n) is 6.50. The number of nitrogens with zero attached hydrogens (tertiary/aromatic N) is 1. The Balaban J connectivity index is 1.78. The van der Waals surface area contributed by atoms with Crippen LogP contribution < -0.4 is 9.64 Å². The Morgan fingerprint density at radius 1 is 0.963 bits per heavy atom. The van der Waals surface area contributed by atoms with E-state index in [1.165, 1.54) is 0 Å². The van der Waals surface area contributed by atoms with Crippen molar-refractivity contribution in [3.63, 3.8) is 0 Å². The van der Waals surface area contributed by atoms with E-state index in [-0.39, 0.29) is 12.5 Å². The van der Waals surface area contributed by atoms with Crippen LogP contribution in [0.25, 0.3) is 0 Å². The minimum atomic E-state index is -0.0999. The molecule has 0 heterocycles. The zero-order valence-corrected chi connectivity index (χ0v) is 16.2. The molecule has 3 nitrogen and oxygen atoms in total. The van der Waals surface area contributed by atoms with Gasteiger partial charge in [0.25, 0.3) is 5.91 Å². The smallest absolute Gasteiger partial charge is 0.265 e. The number of ether oxygens (including phenoxy) is 1. The van der Waals surface area contributed by atoms with Crippen molar-refractivity contribution in [1.29, 1.82) is 0 Å². The summed E-state index contributed by atoms with van der Waals surface area (Å²) in [7, 11) is 0. The number of hydrogen-bond acceptors (Lipinski definition) is 2. The summed E-state index contributed by atoms with van der Waals surface area (Å²) in [6.07, 6.45) is 0. The number of carbonyl (C=O) groups excluding carboxylic acids is 1. The van der Waals surface area contributed by atoms with Gasteiger partial charge in [0.1, 0.15) is 5.75 Å². The maximum absolute atomic E-state index is 13.0. The third-order valence-corrected chi connectivity index (χ3v) is 4.55. The van der Waals surface area contributed by atoms with Crippen molar-refractivity contribution < 1.29 is 9.53 Å². The van der Waals surface area contributed by atoms with Crippen molar-refractivity contribution in [2.24, 2.45) is 0 Å². The van der Waals surface area contributed by atoms with Crippen LogP contribution in [-0.4, -0.2) is 12.5 Å². The number of rotatable bonds is 6. The van der Waals surface area contributed by atoms with Gasteiger partial charge in [0.15, 0.2) is 6.61 Å². The lowest BCUT2D eigenvalue weighted by Gasteiger charge is -2.23. The van der Waals surface area contributed by atoms with E-state index in [9.17, 15) is 4.79 Å². The van der Waals surface area contributed by atoms with E-state index >= 15 is 0 Å². The van der Waals surface area contributed by atoms with Crippen LogP contribution in [-0.2, 0) is 11.3 Å². The standard InChI is InChI=1S/C23H22ClNO2/c1-17-8-11-21(12-9-17)25(15-19-6-4-3-5-7-19)23(26)16-27-22-13-10-20(24)14-18(22)2/h3-14H,15-16H2,1-2H3. The largest absolute Gasteiger partial charge is 0.483 e. The Morgan fingerprint density at radius 3 is 2.33 bits per heavy atom. The van der Waals surface area contributed by atoms with Crippen LogP contribution in [0.1, 0.15) is 16.7 Å². The topological polar surface area (TPSA) is 29.5 Å². The predicted octanol–water partition coefficient (Wildman–Crippen LogP) is 5.57. The fourth-order valence-electron chi connectivity index (χ4n) is 2.81. The number of hydrogen-bond donors (Lipinski definition) is 0. The van der Waals surface area contributed by atoms with Gasteiger partial charge in [-0.1, -0.05) is 59.6 Å². The van der Waals surface area contributed by atoms with Crippen molar-refractivity contribution in [1.82, 2.24) is 0 Å². The molecule has 0 aromatic heterocycles.